The highest BCUT2D eigenvalue weighted by Crippen LogP contribution is 2.27. The Morgan fingerprint density at radius 1 is 1.26 bits per heavy atom. The van der Waals surface area contributed by atoms with Gasteiger partial charge in [-0.2, -0.15) is 0 Å². The van der Waals surface area contributed by atoms with Crippen LogP contribution in [0.3, 0.4) is 0 Å². The molecule has 0 aliphatic heterocycles. The molecule has 0 aromatic heterocycles. The SMILES string of the molecule is COc1ccc(C(=O)c2c(C)cccc2N)c(Cl)c1. The van der Waals surface area contributed by atoms with Crippen LogP contribution in [0.1, 0.15) is 21.5 Å². The number of hydrogen-bond acceptors (Lipinski definition) is 3. The second kappa shape index (κ2) is 5.33. The predicted molar refractivity (Wildman–Crippen MR) is 77.0 cm³/mol. The van der Waals surface area contributed by atoms with E-state index in [-0.39, 0.29) is 5.78 Å². The molecule has 0 aliphatic rings. The molecule has 0 saturated heterocycles. The first kappa shape index (κ1) is 13.4. The quantitative estimate of drug-likeness (QED) is 0.689. The van der Waals surface area contributed by atoms with Gasteiger partial charge in [0.2, 0.25) is 0 Å². The molecule has 2 aromatic rings. The number of carbonyl (C=O) groups excluding carboxylic acids is 1. The van der Waals surface area contributed by atoms with E-state index in [0.29, 0.717) is 27.6 Å². The maximum atomic E-state index is 12.5. The highest BCUT2D eigenvalue weighted by atomic mass is 35.5. The van der Waals surface area contributed by atoms with Gasteiger partial charge >= 0.3 is 0 Å². The molecule has 0 spiro atoms. The van der Waals surface area contributed by atoms with E-state index in [1.807, 2.05) is 19.1 Å². The molecule has 3 nitrogen and oxygen atoms in total. The number of rotatable bonds is 3. The van der Waals surface area contributed by atoms with Crippen molar-refractivity contribution in [2.75, 3.05) is 12.8 Å². The lowest BCUT2D eigenvalue weighted by atomic mass is 9.97. The Balaban J connectivity index is 2.51. The summed E-state index contributed by atoms with van der Waals surface area (Å²) in [5.41, 5.74) is 8.08. The minimum Gasteiger partial charge on any atom is -0.497 e. The lowest BCUT2D eigenvalue weighted by Crippen LogP contribution is -2.08. The second-order valence-electron chi connectivity index (χ2n) is 4.21. The van der Waals surface area contributed by atoms with Crippen LogP contribution in [-0.4, -0.2) is 12.9 Å². The van der Waals surface area contributed by atoms with E-state index in [9.17, 15) is 4.79 Å². The van der Waals surface area contributed by atoms with Crippen molar-refractivity contribution in [2.45, 2.75) is 6.92 Å². The number of anilines is 1. The van der Waals surface area contributed by atoms with Gasteiger partial charge in [0, 0.05) is 16.8 Å². The molecule has 4 heteroatoms. The van der Waals surface area contributed by atoms with Crippen molar-refractivity contribution >= 4 is 23.1 Å². The summed E-state index contributed by atoms with van der Waals surface area (Å²) in [6, 6.07) is 10.3. The Labute approximate surface area is 117 Å². The summed E-state index contributed by atoms with van der Waals surface area (Å²) in [6.45, 7) is 1.85. The van der Waals surface area contributed by atoms with Gasteiger partial charge < -0.3 is 10.5 Å². The molecule has 0 bridgehead atoms. The summed E-state index contributed by atoms with van der Waals surface area (Å²) < 4.78 is 5.06. The maximum absolute atomic E-state index is 12.5. The minimum absolute atomic E-state index is 0.178. The molecular formula is C15H14ClNO2. The van der Waals surface area contributed by atoms with E-state index in [1.165, 1.54) is 0 Å². The topological polar surface area (TPSA) is 52.3 Å². The first-order chi connectivity index (χ1) is 9.04. The molecule has 19 heavy (non-hydrogen) atoms. The summed E-state index contributed by atoms with van der Waals surface area (Å²) in [4.78, 5) is 12.5. The average Bonchev–Trinajstić information content (AvgIpc) is 2.38. The number of nitrogens with two attached hydrogens (primary N) is 1. The third kappa shape index (κ3) is 2.56. The Bertz CT molecular complexity index is 618. The van der Waals surface area contributed by atoms with E-state index in [1.54, 1.807) is 31.4 Å². The van der Waals surface area contributed by atoms with Crippen LogP contribution in [0.25, 0.3) is 0 Å². The van der Waals surface area contributed by atoms with Gasteiger partial charge in [-0.05, 0) is 36.8 Å². The molecule has 2 aromatic carbocycles. The number of methoxy groups -OCH3 is 1. The minimum atomic E-state index is -0.178. The van der Waals surface area contributed by atoms with E-state index in [0.717, 1.165) is 5.56 Å². The predicted octanol–water partition coefficient (Wildman–Crippen LogP) is 3.47. The van der Waals surface area contributed by atoms with Gasteiger partial charge in [-0.15, -0.1) is 0 Å². The van der Waals surface area contributed by atoms with Crippen LogP contribution in [0.4, 0.5) is 5.69 Å². The molecule has 2 N–H and O–H groups in total. The Hall–Kier alpha value is -2.00. The fourth-order valence-corrected chi connectivity index (χ4v) is 2.20. The van der Waals surface area contributed by atoms with Gasteiger partial charge in [-0.1, -0.05) is 23.7 Å². The second-order valence-corrected chi connectivity index (χ2v) is 4.62. The van der Waals surface area contributed by atoms with E-state index < -0.39 is 0 Å². The number of nitrogen functional groups attached to an aromatic ring is 1. The van der Waals surface area contributed by atoms with Crippen LogP contribution in [0.15, 0.2) is 36.4 Å². The number of ether oxygens (including phenoxy) is 1. The fraction of sp³-hybridized carbons (Fsp3) is 0.133. The lowest BCUT2D eigenvalue weighted by Gasteiger charge is -2.10. The summed E-state index contributed by atoms with van der Waals surface area (Å²) >= 11 is 6.12. The lowest BCUT2D eigenvalue weighted by molar-refractivity contribution is 0.103. The van der Waals surface area contributed by atoms with Crippen molar-refractivity contribution in [3.63, 3.8) is 0 Å². The summed E-state index contributed by atoms with van der Waals surface area (Å²) in [5, 5.41) is 0.354. The van der Waals surface area contributed by atoms with Gasteiger partial charge in [0.05, 0.1) is 12.1 Å². The standard InChI is InChI=1S/C15H14ClNO2/c1-9-4-3-5-13(17)14(9)15(18)11-7-6-10(19-2)8-12(11)16/h3-8H,17H2,1-2H3. The molecule has 98 valence electrons. The van der Waals surface area contributed by atoms with Gasteiger partial charge in [0.25, 0.3) is 0 Å². The Kier molecular flexibility index (Phi) is 3.76. The third-order valence-corrected chi connectivity index (χ3v) is 3.27. The molecule has 0 aliphatic carbocycles. The van der Waals surface area contributed by atoms with Gasteiger partial charge in [-0.3, -0.25) is 4.79 Å². The molecule has 0 unspecified atom stereocenters. The van der Waals surface area contributed by atoms with Crippen LogP contribution in [0.2, 0.25) is 5.02 Å². The van der Waals surface area contributed by atoms with Crippen molar-refractivity contribution in [3.05, 3.63) is 58.1 Å². The Morgan fingerprint density at radius 2 is 2.00 bits per heavy atom. The smallest absolute Gasteiger partial charge is 0.196 e. The van der Waals surface area contributed by atoms with Gasteiger partial charge in [0.1, 0.15) is 5.75 Å². The van der Waals surface area contributed by atoms with Crippen LogP contribution in [0, 0.1) is 6.92 Å². The molecule has 0 amide bonds. The molecule has 0 fully saturated rings. The molecule has 0 saturated carbocycles. The molecule has 0 radical (unpaired) electrons. The molecule has 2 rings (SSSR count). The van der Waals surface area contributed by atoms with Crippen molar-refractivity contribution in [1.82, 2.24) is 0 Å². The van der Waals surface area contributed by atoms with Crippen LogP contribution < -0.4 is 10.5 Å². The van der Waals surface area contributed by atoms with E-state index >= 15 is 0 Å². The number of halogens is 1. The highest BCUT2D eigenvalue weighted by molar-refractivity contribution is 6.35. The maximum Gasteiger partial charge on any atom is 0.196 e. The van der Waals surface area contributed by atoms with Crippen LogP contribution in [0.5, 0.6) is 5.75 Å². The summed E-state index contributed by atoms with van der Waals surface area (Å²) in [5.74, 6) is 0.433. The van der Waals surface area contributed by atoms with Crippen molar-refractivity contribution < 1.29 is 9.53 Å². The molecule has 0 atom stereocenters. The monoisotopic (exact) mass is 275 g/mol. The normalized spacial score (nSPS) is 10.3. The van der Waals surface area contributed by atoms with E-state index in [4.69, 9.17) is 22.1 Å². The van der Waals surface area contributed by atoms with E-state index in [2.05, 4.69) is 0 Å². The highest BCUT2D eigenvalue weighted by Gasteiger charge is 2.17. The van der Waals surface area contributed by atoms with Crippen LogP contribution >= 0.6 is 11.6 Å². The summed E-state index contributed by atoms with van der Waals surface area (Å²) in [6.07, 6.45) is 0. The number of aryl methyl sites for hydroxylation is 1. The van der Waals surface area contributed by atoms with Crippen molar-refractivity contribution in [2.24, 2.45) is 0 Å². The zero-order valence-corrected chi connectivity index (χ0v) is 11.5. The summed E-state index contributed by atoms with van der Waals surface area (Å²) in [7, 11) is 1.55. The number of ketones is 1. The number of carbonyl (C=O) groups is 1. The van der Waals surface area contributed by atoms with Crippen LogP contribution in [-0.2, 0) is 0 Å². The zero-order valence-electron chi connectivity index (χ0n) is 10.7. The first-order valence-electron chi connectivity index (χ1n) is 5.78. The average molecular weight is 276 g/mol. The Morgan fingerprint density at radius 3 is 2.58 bits per heavy atom. The largest absolute Gasteiger partial charge is 0.497 e. The molecule has 0 heterocycles. The molecular weight excluding hydrogens is 262 g/mol. The van der Waals surface area contributed by atoms with Gasteiger partial charge in [-0.25, -0.2) is 0 Å². The van der Waals surface area contributed by atoms with Gasteiger partial charge in [0.15, 0.2) is 5.78 Å². The zero-order chi connectivity index (χ0) is 14.0. The number of benzene rings is 2. The number of hydrogen-bond donors (Lipinski definition) is 1. The first-order valence-corrected chi connectivity index (χ1v) is 6.15. The van der Waals surface area contributed by atoms with Crippen molar-refractivity contribution in [3.8, 4) is 5.75 Å². The third-order valence-electron chi connectivity index (χ3n) is 2.95. The van der Waals surface area contributed by atoms with Crippen molar-refractivity contribution in [1.29, 1.82) is 0 Å². The fourth-order valence-electron chi connectivity index (χ4n) is 1.94.